The number of halogens is 1. The fourth-order valence-electron chi connectivity index (χ4n) is 1.71. The van der Waals surface area contributed by atoms with E-state index in [0.29, 0.717) is 12.4 Å². The third-order valence-corrected chi connectivity index (χ3v) is 3.25. The van der Waals surface area contributed by atoms with Crippen LogP contribution in [0.1, 0.15) is 0 Å². The number of anilines is 1. The van der Waals surface area contributed by atoms with E-state index in [1.807, 2.05) is 22.8 Å². The molecule has 1 aromatic carbocycles. The van der Waals surface area contributed by atoms with Gasteiger partial charge in [-0.25, -0.2) is 4.98 Å². The van der Waals surface area contributed by atoms with Gasteiger partial charge in [0.1, 0.15) is 17.3 Å². The normalized spacial score (nSPS) is 10.3. The fraction of sp³-hybridized carbons (Fsp3) is 0.154. The van der Waals surface area contributed by atoms with E-state index in [0.717, 1.165) is 21.5 Å². The van der Waals surface area contributed by atoms with Crippen LogP contribution in [0.3, 0.4) is 0 Å². The molecule has 2 N–H and O–H groups in total. The Balaban J connectivity index is 2.42. The summed E-state index contributed by atoms with van der Waals surface area (Å²) in [5.41, 5.74) is 7.76. The minimum Gasteiger partial charge on any atom is -0.496 e. The number of methoxy groups -OCH3 is 1. The maximum atomic E-state index is 6.05. The van der Waals surface area contributed by atoms with Crippen LogP contribution in [-0.2, 0) is 6.54 Å². The van der Waals surface area contributed by atoms with E-state index < -0.39 is 0 Å². The van der Waals surface area contributed by atoms with Crippen LogP contribution in [0.5, 0.6) is 5.75 Å². The highest BCUT2D eigenvalue weighted by molar-refractivity contribution is 9.10. The molecule has 0 fully saturated rings. The van der Waals surface area contributed by atoms with Gasteiger partial charge >= 0.3 is 0 Å². The van der Waals surface area contributed by atoms with Crippen molar-refractivity contribution in [1.29, 1.82) is 0 Å². The summed E-state index contributed by atoms with van der Waals surface area (Å²) in [6.45, 7) is 4.34. The third kappa shape index (κ3) is 2.26. The van der Waals surface area contributed by atoms with Crippen molar-refractivity contribution in [2.75, 3.05) is 12.8 Å². The summed E-state index contributed by atoms with van der Waals surface area (Å²) in [5.74, 6) is 1.41. The highest BCUT2D eigenvalue weighted by Crippen LogP contribution is 2.32. The van der Waals surface area contributed by atoms with Crippen LogP contribution in [0.2, 0.25) is 0 Å². The van der Waals surface area contributed by atoms with Crippen molar-refractivity contribution in [1.82, 2.24) is 9.55 Å². The average Bonchev–Trinajstić information content (AvgIpc) is 2.72. The molecule has 0 aliphatic rings. The minimum absolute atomic E-state index is 0.631. The van der Waals surface area contributed by atoms with Crippen LogP contribution >= 0.6 is 15.9 Å². The first-order valence-corrected chi connectivity index (χ1v) is 6.22. The van der Waals surface area contributed by atoms with Crippen molar-refractivity contribution >= 4 is 21.7 Å². The number of nitrogens with two attached hydrogens (primary N) is 1. The molecule has 94 valence electrons. The third-order valence-electron chi connectivity index (χ3n) is 2.63. The summed E-state index contributed by atoms with van der Waals surface area (Å²) >= 11 is 3.45. The Bertz CT molecular complexity index is 578. The smallest absolute Gasteiger partial charge is 0.133 e. The summed E-state index contributed by atoms with van der Waals surface area (Å²) in [5, 5.41) is 0. The van der Waals surface area contributed by atoms with Crippen LogP contribution in [-0.4, -0.2) is 16.7 Å². The molecule has 1 aromatic heterocycles. The summed E-state index contributed by atoms with van der Waals surface area (Å²) in [4.78, 5) is 4.33. The Morgan fingerprint density at radius 1 is 1.56 bits per heavy atom. The highest BCUT2D eigenvalue weighted by atomic mass is 79.9. The molecule has 2 aromatic rings. The Hall–Kier alpha value is -1.75. The number of imidazole rings is 1. The predicted molar refractivity (Wildman–Crippen MR) is 76.5 cm³/mol. The van der Waals surface area contributed by atoms with Gasteiger partial charge in [0.15, 0.2) is 0 Å². The maximum absolute atomic E-state index is 6.05. The molecule has 2 rings (SSSR count). The molecule has 0 bridgehead atoms. The molecule has 4 nitrogen and oxygen atoms in total. The first-order chi connectivity index (χ1) is 8.67. The molecule has 0 amide bonds. The SMILES string of the molecule is C=CCn1cnc(-c2ccc(OC)c(Br)c2)c1N. The van der Waals surface area contributed by atoms with Gasteiger partial charge in [0.25, 0.3) is 0 Å². The fourth-order valence-corrected chi connectivity index (χ4v) is 2.25. The van der Waals surface area contributed by atoms with Crippen molar-refractivity contribution in [3.05, 3.63) is 41.7 Å². The number of benzene rings is 1. The van der Waals surface area contributed by atoms with Crippen LogP contribution < -0.4 is 10.5 Å². The Morgan fingerprint density at radius 3 is 2.94 bits per heavy atom. The van der Waals surface area contributed by atoms with E-state index in [4.69, 9.17) is 10.5 Å². The number of hydrogen-bond acceptors (Lipinski definition) is 3. The molecule has 0 radical (unpaired) electrons. The molecular formula is C13H14BrN3O. The number of nitrogens with zero attached hydrogens (tertiary/aromatic N) is 2. The Kier molecular flexibility index (Phi) is 3.72. The number of rotatable bonds is 4. The van der Waals surface area contributed by atoms with Gasteiger partial charge in [0.05, 0.1) is 17.9 Å². The van der Waals surface area contributed by atoms with E-state index in [-0.39, 0.29) is 0 Å². The molecule has 0 aliphatic heterocycles. The standard InChI is InChI=1S/C13H14BrN3O/c1-3-6-17-8-16-12(13(17)15)9-4-5-11(18-2)10(14)7-9/h3-5,7-8H,1,6,15H2,2H3. The number of ether oxygens (including phenoxy) is 1. The summed E-state index contributed by atoms with van der Waals surface area (Å²) in [6, 6.07) is 5.75. The molecular weight excluding hydrogens is 294 g/mol. The van der Waals surface area contributed by atoms with Crippen LogP contribution in [0.4, 0.5) is 5.82 Å². The summed E-state index contributed by atoms with van der Waals surface area (Å²) < 4.78 is 7.92. The lowest BCUT2D eigenvalue weighted by atomic mass is 10.1. The van der Waals surface area contributed by atoms with Gasteiger partial charge in [0.2, 0.25) is 0 Å². The van der Waals surface area contributed by atoms with E-state index in [2.05, 4.69) is 27.5 Å². The molecule has 0 unspecified atom stereocenters. The molecule has 0 saturated heterocycles. The van der Waals surface area contributed by atoms with Gasteiger partial charge < -0.3 is 15.0 Å². The molecule has 1 heterocycles. The van der Waals surface area contributed by atoms with Gasteiger partial charge in [0, 0.05) is 12.1 Å². The molecule has 0 aliphatic carbocycles. The predicted octanol–water partition coefficient (Wildman–Crippen LogP) is 3.09. The largest absolute Gasteiger partial charge is 0.496 e. The first kappa shape index (κ1) is 12.7. The summed E-state index contributed by atoms with van der Waals surface area (Å²) in [7, 11) is 1.63. The quantitative estimate of drug-likeness (QED) is 0.883. The van der Waals surface area contributed by atoms with Gasteiger partial charge in [-0.15, -0.1) is 6.58 Å². The molecule has 18 heavy (non-hydrogen) atoms. The molecule has 5 heteroatoms. The van der Waals surface area contributed by atoms with Crippen molar-refractivity contribution in [3.8, 4) is 17.0 Å². The second-order valence-corrected chi connectivity index (χ2v) is 4.62. The molecule has 0 spiro atoms. The van der Waals surface area contributed by atoms with E-state index in [9.17, 15) is 0 Å². The zero-order valence-corrected chi connectivity index (χ0v) is 11.6. The Labute approximate surface area is 114 Å². The van der Waals surface area contributed by atoms with Gasteiger partial charge in [-0.2, -0.15) is 0 Å². The topological polar surface area (TPSA) is 53.1 Å². The highest BCUT2D eigenvalue weighted by Gasteiger charge is 2.11. The number of hydrogen-bond donors (Lipinski definition) is 1. The second kappa shape index (κ2) is 5.27. The van der Waals surface area contributed by atoms with Crippen molar-refractivity contribution < 1.29 is 4.74 Å². The lowest BCUT2D eigenvalue weighted by Gasteiger charge is -2.06. The average molecular weight is 308 g/mol. The van der Waals surface area contributed by atoms with Crippen LogP contribution in [0, 0.1) is 0 Å². The lowest BCUT2D eigenvalue weighted by Crippen LogP contribution is -2.00. The van der Waals surface area contributed by atoms with E-state index >= 15 is 0 Å². The number of aromatic nitrogens is 2. The monoisotopic (exact) mass is 307 g/mol. The lowest BCUT2D eigenvalue weighted by molar-refractivity contribution is 0.412. The Morgan fingerprint density at radius 2 is 2.33 bits per heavy atom. The van der Waals surface area contributed by atoms with Gasteiger partial charge in [-0.3, -0.25) is 0 Å². The second-order valence-electron chi connectivity index (χ2n) is 3.77. The minimum atomic E-state index is 0.631. The van der Waals surface area contributed by atoms with Gasteiger partial charge in [-0.1, -0.05) is 6.08 Å². The summed E-state index contributed by atoms with van der Waals surface area (Å²) in [6.07, 6.45) is 3.50. The van der Waals surface area contributed by atoms with E-state index in [1.165, 1.54) is 0 Å². The number of nitrogen functional groups attached to an aromatic ring is 1. The maximum Gasteiger partial charge on any atom is 0.133 e. The van der Waals surface area contributed by atoms with Crippen molar-refractivity contribution in [2.24, 2.45) is 0 Å². The molecule has 0 atom stereocenters. The number of allylic oxidation sites excluding steroid dienone is 1. The van der Waals surface area contributed by atoms with Gasteiger partial charge in [-0.05, 0) is 34.1 Å². The van der Waals surface area contributed by atoms with Crippen LogP contribution in [0.15, 0.2) is 41.7 Å². The zero-order chi connectivity index (χ0) is 13.1. The van der Waals surface area contributed by atoms with Crippen molar-refractivity contribution in [3.63, 3.8) is 0 Å². The first-order valence-electron chi connectivity index (χ1n) is 5.42. The molecule has 0 saturated carbocycles. The van der Waals surface area contributed by atoms with Crippen molar-refractivity contribution in [2.45, 2.75) is 6.54 Å². The van der Waals surface area contributed by atoms with Crippen LogP contribution in [0.25, 0.3) is 11.3 Å². The van der Waals surface area contributed by atoms with E-state index in [1.54, 1.807) is 19.5 Å². The zero-order valence-electron chi connectivity index (χ0n) is 10.1.